The molecule has 8 nitrogen and oxygen atoms in total. The van der Waals surface area contributed by atoms with Crippen LogP contribution in [0.3, 0.4) is 0 Å². The molecule has 0 spiro atoms. The van der Waals surface area contributed by atoms with Crippen LogP contribution in [0, 0.1) is 0 Å². The van der Waals surface area contributed by atoms with E-state index in [9.17, 15) is 4.79 Å². The minimum Gasteiger partial charge on any atom is -0.497 e. The van der Waals surface area contributed by atoms with Gasteiger partial charge in [-0.2, -0.15) is 0 Å². The highest BCUT2D eigenvalue weighted by atomic mass is 16.5. The largest absolute Gasteiger partial charge is 0.497 e. The molecule has 2 aromatic rings. The second kappa shape index (κ2) is 6.71. The summed E-state index contributed by atoms with van der Waals surface area (Å²) < 4.78 is 20.7. The average molecular weight is 294 g/mol. The number of carbonyl (C=O) groups is 1. The Hall–Kier alpha value is -2.61. The smallest absolute Gasteiger partial charge is 0.329 e. The van der Waals surface area contributed by atoms with Crippen LogP contribution in [-0.4, -0.2) is 42.1 Å². The molecular formula is C13H14N2O6. The number of aliphatic carboxylic acids is 1. The molecule has 0 bridgehead atoms. The van der Waals surface area contributed by atoms with Gasteiger partial charge in [0.2, 0.25) is 5.89 Å². The predicted octanol–water partition coefficient (Wildman–Crippen LogP) is 1.35. The third-order valence-corrected chi connectivity index (χ3v) is 2.55. The van der Waals surface area contributed by atoms with Crippen LogP contribution in [0.1, 0.15) is 5.89 Å². The highest BCUT2D eigenvalue weighted by molar-refractivity contribution is 5.68. The molecule has 0 radical (unpaired) electrons. The molecule has 0 atom stereocenters. The summed E-state index contributed by atoms with van der Waals surface area (Å²) in [6, 6.07) is 5.17. The maximum atomic E-state index is 10.3. The predicted molar refractivity (Wildman–Crippen MR) is 70.1 cm³/mol. The van der Waals surface area contributed by atoms with Crippen LogP contribution in [-0.2, 0) is 16.1 Å². The minimum absolute atomic E-state index is 0.0778. The van der Waals surface area contributed by atoms with E-state index in [1.807, 2.05) is 0 Å². The Bertz CT molecular complexity index is 625. The average Bonchev–Trinajstić information content (AvgIpc) is 2.95. The van der Waals surface area contributed by atoms with Gasteiger partial charge in [-0.3, -0.25) is 0 Å². The highest BCUT2D eigenvalue weighted by Crippen LogP contribution is 2.32. The van der Waals surface area contributed by atoms with Gasteiger partial charge >= 0.3 is 5.97 Å². The van der Waals surface area contributed by atoms with Gasteiger partial charge < -0.3 is 23.7 Å². The fourth-order valence-corrected chi connectivity index (χ4v) is 1.63. The summed E-state index contributed by atoms with van der Waals surface area (Å²) in [5.41, 5.74) is 0.578. The molecule has 2 rings (SSSR count). The zero-order chi connectivity index (χ0) is 15.2. The molecule has 0 fully saturated rings. The van der Waals surface area contributed by atoms with Crippen molar-refractivity contribution in [2.45, 2.75) is 6.61 Å². The molecule has 1 N–H and O–H groups in total. The molecule has 0 aliphatic heterocycles. The van der Waals surface area contributed by atoms with E-state index in [0.717, 1.165) is 0 Å². The third-order valence-electron chi connectivity index (χ3n) is 2.55. The fourth-order valence-electron chi connectivity index (χ4n) is 1.63. The topological polar surface area (TPSA) is 104 Å². The van der Waals surface area contributed by atoms with Gasteiger partial charge in [-0.1, -0.05) is 0 Å². The number of ether oxygens (including phenoxy) is 3. The van der Waals surface area contributed by atoms with Gasteiger partial charge in [0.05, 0.1) is 19.8 Å². The molecule has 0 unspecified atom stereocenters. The third kappa shape index (κ3) is 3.69. The number of benzene rings is 1. The van der Waals surface area contributed by atoms with Crippen molar-refractivity contribution in [1.82, 2.24) is 10.2 Å². The van der Waals surface area contributed by atoms with Gasteiger partial charge in [-0.25, -0.2) is 4.79 Å². The van der Waals surface area contributed by atoms with Gasteiger partial charge in [-0.05, 0) is 18.2 Å². The summed E-state index contributed by atoms with van der Waals surface area (Å²) in [7, 11) is 3.07. The van der Waals surface area contributed by atoms with E-state index < -0.39 is 12.6 Å². The standard InChI is InChI=1S/C13H14N2O6/c1-18-8-3-4-10(19-2)9(5-8)13-15-14-11(21-13)6-20-7-12(16)17/h3-5H,6-7H2,1-2H3,(H,16,17). The molecule has 0 amide bonds. The highest BCUT2D eigenvalue weighted by Gasteiger charge is 2.15. The first kappa shape index (κ1) is 14.8. The van der Waals surface area contributed by atoms with Crippen LogP contribution in [0.5, 0.6) is 11.5 Å². The van der Waals surface area contributed by atoms with Crippen LogP contribution < -0.4 is 9.47 Å². The summed E-state index contributed by atoms with van der Waals surface area (Å²) in [4.78, 5) is 10.3. The van der Waals surface area contributed by atoms with Crippen LogP contribution in [0.15, 0.2) is 22.6 Å². The van der Waals surface area contributed by atoms with Crippen molar-refractivity contribution in [3.05, 3.63) is 24.1 Å². The van der Waals surface area contributed by atoms with E-state index >= 15 is 0 Å². The summed E-state index contributed by atoms with van der Waals surface area (Å²) in [6.07, 6.45) is 0. The Kier molecular flexibility index (Phi) is 4.72. The molecule has 0 saturated heterocycles. The Labute approximate surface area is 120 Å². The van der Waals surface area contributed by atoms with E-state index in [1.165, 1.54) is 7.11 Å². The minimum atomic E-state index is -1.07. The van der Waals surface area contributed by atoms with E-state index in [2.05, 4.69) is 10.2 Å². The normalized spacial score (nSPS) is 10.4. The Morgan fingerprint density at radius 1 is 1.29 bits per heavy atom. The zero-order valence-electron chi connectivity index (χ0n) is 11.5. The van der Waals surface area contributed by atoms with Crippen molar-refractivity contribution < 1.29 is 28.5 Å². The number of nitrogens with zero attached hydrogens (tertiary/aromatic N) is 2. The fraction of sp³-hybridized carbons (Fsp3) is 0.308. The number of hydrogen-bond acceptors (Lipinski definition) is 7. The number of carboxylic acids is 1. The number of aromatic nitrogens is 2. The second-order valence-electron chi connectivity index (χ2n) is 3.95. The molecule has 1 heterocycles. The van der Waals surface area contributed by atoms with Crippen molar-refractivity contribution >= 4 is 5.97 Å². The lowest BCUT2D eigenvalue weighted by molar-refractivity contribution is -0.142. The SMILES string of the molecule is COc1ccc(OC)c(-c2nnc(COCC(=O)O)o2)c1. The van der Waals surface area contributed by atoms with E-state index in [1.54, 1.807) is 25.3 Å². The van der Waals surface area contributed by atoms with Crippen molar-refractivity contribution in [3.8, 4) is 23.0 Å². The summed E-state index contributed by atoms with van der Waals surface area (Å²) in [6.45, 7) is -0.508. The monoisotopic (exact) mass is 294 g/mol. The molecule has 1 aromatic heterocycles. The molecular weight excluding hydrogens is 280 g/mol. The Morgan fingerprint density at radius 2 is 2.10 bits per heavy atom. The molecule has 112 valence electrons. The van der Waals surface area contributed by atoms with Gasteiger partial charge in [0.15, 0.2) is 0 Å². The summed E-state index contributed by atoms with van der Waals surface area (Å²) in [5.74, 6) is 0.519. The molecule has 0 aliphatic carbocycles. The van der Waals surface area contributed by atoms with Gasteiger partial charge in [-0.15, -0.1) is 10.2 Å². The van der Waals surface area contributed by atoms with Crippen molar-refractivity contribution in [2.24, 2.45) is 0 Å². The number of carboxylic acid groups (broad SMARTS) is 1. The summed E-state index contributed by atoms with van der Waals surface area (Å²) >= 11 is 0. The van der Waals surface area contributed by atoms with Crippen LogP contribution in [0.4, 0.5) is 0 Å². The van der Waals surface area contributed by atoms with E-state index in [0.29, 0.717) is 17.1 Å². The van der Waals surface area contributed by atoms with Crippen molar-refractivity contribution in [1.29, 1.82) is 0 Å². The van der Waals surface area contributed by atoms with Crippen LogP contribution in [0.25, 0.3) is 11.5 Å². The summed E-state index contributed by atoms with van der Waals surface area (Å²) in [5, 5.41) is 16.2. The maximum Gasteiger partial charge on any atom is 0.329 e. The first-order valence-electron chi connectivity index (χ1n) is 5.98. The molecule has 8 heteroatoms. The van der Waals surface area contributed by atoms with Gasteiger partial charge in [0.1, 0.15) is 24.7 Å². The van der Waals surface area contributed by atoms with Gasteiger partial charge in [0.25, 0.3) is 5.89 Å². The Balaban J connectivity index is 2.18. The van der Waals surface area contributed by atoms with Crippen molar-refractivity contribution in [3.63, 3.8) is 0 Å². The molecule has 21 heavy (non-hydrogen) atoms. The first-order valence-corrected chi connectivity index (χ1v) is 5.98. The molecule has 0 aliphatic rings. The lowest BCUT2D eigenvalue weighted by atomic mass is 10.2. The Morgan fingerprint density at radius 3 is 2.76 bits per heavy atom. The lowest BCUT2D eigenvalue weighted by Crippen LogP contribution is -2.06. The molecule has 0 saturated carbocycles. The quantitative estimate of drug-likeness (QED) is 0.816. The molecule has 1 aromatic carbocycles. The van der Waals surface area contributed by atoms with E-state index in [4.69, 9.17) is 23.7 Å². The van der Waals surface area contributed by atoms with Gasteiger partial charge in [0, 0.05) is 0 Å². The number of methoxy groups -OCH3 is 2. The number of hydrogen-bond donors (Lipinski definition) is 1. The van der Waals surface area contributed by atoms with Crippen LogP contribution >= 0.6 is 0 Å². The van der Waals surface area contributed by atoms with E-state index in [-0.39, 0.29) is 18.4 Å². The second-order valence-corrected chi connectivity index (χ2v) is 3.95. The number of rotatable bonds is 7. The maximum absolute atomic E-state index is 10.3. The van der Waals surface area contributed by atoms with Crippen molar-refractivity contribution in [2.75, 3.05) is 20.8 Å². The first-order chi connectivity index (χ1) is 10.1. The lowest BCUT2D eigenvalue weighted by Gasteiger charge is -2.07. The van der Waals surface area contributed by atoms with Crippen LogP contribution in [0.2, 0.25) is 0 Å². The zero-order valence-corrected chi connectivity index (χ0v) is 11.5.